The highest BCUT2D eigenvalue weighted by Crippen LogP contribution is 2.77. The van der Waals surface area contributed by atoms with Crippen LogP contribution in [0.1, 0.15) is 160 Å². The van der Waals surface area contributed by atoms with Gasteiger partial charge in [-0.25, -0.2) is 0 Å². The number of hydrogen-bond acceptors (Lipinski definition) is 7. The van der Waals surface area contributed by atoms with Crippen molar-refractivity contribution >= 4 is 17.3 Å². The molecule has 7 heteroatoms. The molecule has 2 aromatic rings. The minimum absolute atomic E-state index is 0.0281. The van der Waals surface area contributed by atoms with Gasteiger partial charge in [0.25, 0.3) is 0 Å². The van der Waals surface area contributed by atoms with Gasteiger partial charge in [0, 0.05) is 35.4 Å². The maximum absolute atomic E-state index is 14.9. The summed E-state index contributed by atoms with van der Waals surface area (Å²) in [4.78, 5) is 29.5. The lowest BCUT2D eigenvalue weighted by atomic mass is 9.33. The molecule has 9 rings (SSSR count). The van der Waals surface area contributed by atoms with Crippen molar-refractivity contribution in [3.05, 3.63) is 70.3 Å². The van der Waals surface area contributed by atoms with E-state index < -0.39 is 11.5 Å². The molecule has 7 nitrogen and oxygen atoms in total. The second kappa shape index (κ2) is 14.5. The van der Waals surface area contributed by atoms with Crippen molar-refractivity contribution in [1.29, 1.82) is 0 Å². The number of aromatic hydroxyl groups is 1. The lowest BCUT2D eigenvalue weighted by Crippen LogP contribution is -2.66. The van der Waals surface area contributed by atoms with Gasteiger partial charge in [0.2, 0.25) is 0 Å². The van der Waals surface area contributed by atoms with Gasteiger partial charge >= 0.3 is 0 Å². The number of allylic oxidation sites excluding steroid dienone is 2. The lowest BCUT2D eigenvalue weighted by Gasteiger charge is -2.71. The quantitative estimate of drug-likeness (QED) is 0.139. The highest BCUT2D eigenvalue weighted by atomic mass is 16.6. The van der Waals surface area contributed by atoms with Crippen LogP contribution in [0.3, 0.4) is 0 Å². The average Bonchev–Trinajstić information content (AvgIpc) is 3.61. The molecule has 320 valence electrons. The standard InChI is InChI=1S/C52H72N2O5/c1-30(22-41(56)47-51(6,59-47)39-17-11-16-37(39)32-12-10-15-35(53)25-32)45-40-18-19-44-49(4,50(40,5)28-42(45)57)21-20-43-48(2,3)46(58)38(27-52(43,44)34-13-8-9-14-34)33-23-31(29-54-7)24-36(55)26-33/h10,12,15,23-26,30,34,37-39,41,43-44,47,54-56H,8-9,11,13-14,16-22,27-29,53H2,1-7H3/t30-,37+,38+,39-,41-,43+,44+,47-,49+,50+,51-,52+/m1/s1. The maximum Gasteiger partial charge on any atom is 0.159 e. The molecule has 5 N–H and O–H groups in total. The predicted octanol–water partition coefficient (Wildman–Crippen LogP) is 10.2. The molecule has 0 amide bonds. The molecule has 12 atom stereocenters. The van der Waals surface area contributed by atoms with Gasteiger partial charge < -0.3 is 26.0 Å². The van der Waals surface area contributed by atoms with Crippen LogP contribution in [0.15, 0.2) is 53.6 Å². The summed E-state index contributed by atoms with van der Waals surface area (Å²) >= 11 is 0. The monoisotopic (exact) mass is 805 g/mol. The maximum atomic E-state index is 14.9. The Morgan fingerprint density at radius 1 is 0.915 bits per heavy atom. The molecule has 5 saturated carbocycles. The van der Waals surface area contributed by atoms with E-state index >= 15 is 0 Å². The van der Waals surface area contributed by atoms with E-state index in [9.17, 15) is 19.8 Å². The van der Waals surface area contributed by atoms with E-state index in [1.807, 2.05) is 31.3 Å². The summed E-state index contributed by atoms with van der Waals surface area (Å²) in [7, 11) is 1.92. The molecule has 7 aliphatic rings. The van der Waals surface area contributed by atoms with Gasteiger partial charge in [-0.05, 0) is 171 Å². The molecule has 0 unspecified atom stereocenters. The van der Waals surface area contributed by atoms with Crippen molar-refractivity contribution in [3.8, 4) is 5.75 Å². The van der Waals surface area contributed by atoms with Gasteiger partial charge in [0.05, 0.1) is 11.7 Å². The zero-order valence-electron chi connectivity index (χ0n) is 37.0. The largest absolute Gasteiger partial charge is 0.508 e. The molecule has 6 aliphatic carbocycles. The van der Waals surface area contributed by atoms with E-state index in [0.717, 1.165) is 73.8 Å². The molecule has 0 radical (unpaired) electrons. The minimum atomic E-state index is -0.636. The number of phenols is 1. The van der Waals surface area contributed by atoms with Crippen LogP contribution in [0.25, 0.3) is 0 Å². The fourth-order valence-corrected chi connectivity index (χ4v) is 16.3. The van der Waals surface area contributed by atoms with Crippen LogP contribution in [0.5, 0.6) is 5.75 Å². The van der Waals surface area contributed by atoms with E-state index in [2.05, 4.69) is 65.1 Å². The van der Waals surface area contributed by atoms with Crippen molar-refractivity contribution in [1.82, 2.24) is 5.32 Å². The molecule has 6 fully saturated rings. The number of Topliss-reactive ketones (excluding diaryl/α,β-unsaturated/α-hetero) is 2. The first-order valence-corrected chi connectivity index (χ1v) is 23.5. The third-order valence-electron chi connectivity index (χ3n) is 19.0. The summed E-state index contributed by atoms with van der Waals surface area (Å²) in [5.74, 6) is 2.47. The Labute approximate surface area is 353 Å². The number of nitrogen functional groups attached to an aromatic ring is 1. The average molecular weight is 805 g/mol. The second-order valence-corrected chi connectivity index (χ2v) is 22.1. The number of benzene rings is 2. The zero-order chi connectivity index (χ0) is 41.9. The van der Waals surface area contributed by atoms with Crippen LogP contribution >= 0.6 is 0 Å². The summed E-state index contributed by atoms with van der Waals surface area (Å²) in [6, 6.07) is 14.1. The molecule has 1 heterocycles. The SMILES string of the molecule is CNCc1cc(O)cc([C@@H]2C[C@@]3(C4CCCC4)[C@H]4CCC5=C([C@H](C)C[C@@H](O)[C@H]6O[C@]6(C)[C@@H]6CCC[C@H]6c6cccc(N)c6)C(=O)C[C@]5(C)[C@@]4(C)CC[C@H]3C(C)(C)C2=O)c1. The number of anilines is 1. The number of fused-ring (bicyclic) bond motifs is 5. The highest BCUT2D eigenvalue weighted by molar-refractivity contribution is 6.00. The van der Waals surface area contributed by atoms with Crippen LogP contribution in [0.4, 0.5) is 5.69 Å². The Kier molecular flexibility index (Phi) is 10.2. The molecule has 59 heavy (non-hydrogen) atoms. The Morgan fingerprint density at radius 2 is 1.68 bits per heavy atom. The first-order chi connectivity index (χ1) is 28.0. The fourth-order valence-electron chi connectivity index (χ4n) is 16.3. The topological polar surface area (TPSA) is 125 Å². The number of hydrogen-bond donors (Lipinski definition) is 4. The van der Waals surface area contributed by atoms with E-state index in [4.69, 9.17) is 10.5 Å². The Hall–Kier alpha value is -3.00. The fraction of sp³-hybridized carbons (Fsp3) is 0.692. The molecule has 0 spiro atoms. The van der Waals surface area contributed by atoms with Crippen LogP contribution in [0, 0.1) is 51.2 Å². The number of ketones is 2. The molecular weight excluding hydrogens is 733 g/mol. The number of carbonyl (C=O) groups is 2. The van der Waals surface area contributed by atoms with Crippen molar-refractivity contribution in [2.24, 2.45) is 51.2 Å². The second-order valence-electron chi connectivity index (χ2n) is 22.1. The number of carbonyl (C=O) groups excluding carboxylic acids is 2. The molecular formula is C52H72N2O5. The summed E-state index contributed by atoms with van der Waals surface area (Å²) in [6.07, 6.45) is 13.3. The van der Waals surface area contributed by atoms with Crippen molar-refractivity contribution < 1.29 is 24.5 Å². The van der Waals surface area contributed by atoms with E-state index in [0.29, 0.717) is 54.8 Å². The number of nitrogens with one attached hydrogen (secondary N) is 1. The lowest BCUT2D eigenvalue weighted by molar-refractivity contribution is -0.207. The molecule has 1 saturated heterocycles. The van der Waals surface area contributed by atoms with E-state index in [1.165, 1.54) is 36.8 Å². The summed E-state index contributed by atoms with van der Waals surface area (Å²) in [5, 5.41) is 26.1. The summed E-state index contributed by atoms with van der Waals surface area (Å²) < 4.78 is 6.51. The normalized spacial score (nSPS) is 40.1. The summed E-state index contributed by atoms with van der Waals surface area (Å²) in [5.41, 5.74) is 11.3. The summed E-state index contributed by atoms with van der Waals surface area (Å²) in [6.45, 7) is 14.5. The van der Waals surface area contributed by atoms with Crippen LogP contribution in [-0.2, 0) is 20.9 Å². The van der Waals surface area contributed by atoms with Crippen LogP contribution in [-0.4, -0.2) is 46.6 Å². The minimum Gasteiger partial charge on any atom is -0.508 e. The number of aliphatic hydroxyl groups is 1. The van der Waals surface area contributed by atoms with Gasteiger partial charge in [-0.3, -0.25) is 9.59 Å². The molecule has 1 aliphatic heterocycles. The number of aliphatic hydroxyl groups excluding tert-OH is 1. The van der Waals surface area contributed by atoms with Gasteiger partial charge in [-0.2, -0.15) is 0 Å². The van der Waals surface area contributed by atoms with Gasteiger partial charge in [0.15, 0.2) is 5.78 Å². The first-order valence-electron chi connectivity index (χ1n) is 23.5. The number of ether oxygens (including phenoxy) is 1. The number of nitrogens with two attached hydrogens (primary N) is 1. The van der Waals surface area contributed by atoms with Gasteiger partial charge in [-0.15, -0.1) is 0 Å². The van der Waals surface area contributed by atoms with Crippen molar-refractivity contribution in [3.63, 3.8) is 0 Å². The van der Waals surface area contributed by atoms with Crippen molar-refractivity contribution in [2.75, 3.05) is 12.8 Å². The van der Waals surface area contributed by atoms with Crippen molar-refractivity contribution in [2.45, 2.75) is 168 Å². The highest BCUT2D eigenvalue weighted by Gasteiger charge is 2.72. The number of epoxide rings is 1. The first kappa shape index (κ1) is 41.4. The zero-order valence-corrected chi connectivity index (χ0v) is 37.0. The number of phenolic OH excluding ortho intramolecular Hbond substituents is 1. The predicted molar refractivity (Wildman–Crippen MR) is 234 cm³/mol. The number of rotatable bonds is 10. The van der Waals surface area contributed by atoms with Gasteiger partial charge in [0.1, 0.15) is 17.6 Å². The third-order valence-corrected chi connectivity index (χ3v) is 19.0. The molecule has 0 aromatic heterocycles. The van der Waals surface area contributed by atoms with Crippen LogP contribution in [0.2, 0.25) is 0 Å². The van der Waals surface area contributed by atoms with E-state index in [1.54, 1.807) is 0 Å². The smallest absolute Gasteiger partial charge is 0.159 e. The Morgan fingerprint density at radius 3 is 2.41 bits per heavy atom. The third kappa shape index (κ3) is 6.19. The Bertz CT molecular complexity index is 2030. The van der Waals surface area contributed by atoms with Crippen LogP contribution < -0.4 is 11.1 Å². The van der Waals surface area contributed by atoms with Gasteiger partial charge in [-0.1, -0.05) is 77.7 Å². The molecule has 0 bridgehead atoms. The Balaban J connectivity index is 1.01. The van der Waals surface area contributed by atoms with E-state index in [-0.39, 0.29) is 51.3 Å². The molecule has 2 aromatic carbocycles.